The van der Waals surface area contributed by atoms with Crippen molar-refractivity contribution < 1.29 is 24.2 Å². The van der Waals surface area contributed by atoms with E-state index < -0.39 is 6.10 Å². The molecule has 5 nitrogen and oxygen atoms in total. The van der Waals surface area contributed by atoms with Crippen LogP contribution in [0.1, 0.15) is 303 Å². The highest BCUT2D eigenvalue weighted by molar-refractivity contribution is 5.70. The van der Waals surface area contributed by atoms with Gasteiger partial charge in [0.2, 0.25) is 0 Å². The minimum atomic E-state index is -0.772. The lowest BCUT2D eigenvalue weighted by atomic mass is 10.0. The standard InChI is InChI=1S/C58H108O5/c1-3-5-7-9-11-13-15-17-19-21-22-23-24-25-26-27-28-29-30-31-32-33-34-35-36-37-39-41-43-45-47-49-51-53-58(61)63-56(54-59)55-62-57(60)52-50-48-46-44-42-40-38-20-18-16-14-12-10-8-6-4-2/h15,17,20-22,38,56,59H,3-14,16,18-19,23-37,39-55H2,1-2H3/b17-15-,22-21-,38-20-. The maximum Gasteiger partial charge on any atom is 0.306 e. The summed E-state index contributed by atoms with van der Waals surface area (Å²) in [5.41, 5.74) is 0. The van der Waals surface area contributed by atoms with Crippen LogP contribution in [0.25, 0.3) is 0 Å². The first-order valence-electron chi connectivity index (χ1n) is 28.0. The second-order valence-corrected chi connectivity index (χ2v) is 19.0. The van der Waals surface area contributed by atoms with Crippen molar-refractivity contribution in [3.8, 4) is 0 Å². The van der Waals surface area contributed by atoms with Crippen molar-refractivity contribution in [2.75, 3.05) is 13.2 Å². The Bertz CT molecular complexity index is 1000. The zero-order valence-corrected chi connectivity index (χ0v) is 42.4. The number of unbranched alkanes of at least 4 members (excludes halogenated alkanes) is 38. The summed E-state index contributed by atoms with van der Waals surface area (Å²) in [6.07, 6.45) is 69.8. The fourth-order valence-electron chi connectivity index (χ4n) is 8.41. The summed E-state index contributed by atoms with van der Waals surface area (Å²) in [7, 11) is 0. The van der Waals surface area contributed by atoms with Gasteiger partial charge >= 0.3 is 11.9 Å². The van der Waals surface area contributed by atoms with Crippen molar-refractivity contribution in [3.05, 3.63) is 36.5 Å². The molecule has 0 saturated heterocycles. The Morgan fingerprint density at radius 2 is 0.635 bits per heavy atom. The summed E-state index contributed by atoms with van der Waals surface area (Å²) in [5.74, 6) is -0.586. The molecule has 0 aliphatic heterocycles. The highest BCUT2D eigenvalue weighted by Gasteiger charge is 2.16. The van der Waals surface area contributed by atoms with Gasteiger partial charge < -0.3 is 14.6 Å². The third-order valence-corrected chi connectivity index (χ3v) is 12.7. The summed E-state index contributed by atoms with van der Waals surface area (Å²) >= 11 is 0. The van der Waals surface area contributed by atoms with E-state index in [-0.39, 0.29) is 25.2 Å². The van der Waals surface area contributed by atoms with Crippen molar-refractivity contribution in [2.24, 2.45) is 0 Å². The van der Waals surface area contributed by atoms with Gasteiger partial charge in [0, 0.05) is 12.8 Å². The zero-order chi connectivity index (χ0) is 45.6. The van der Waals surface area contributed by atoms with Crippen LogP contribution in [-0.2, 0) is 19.1 Å². The number of ether oxygens (including phenoxy) is 2. The molecule has 0 radical (unpaired) electrons. The smallest absolute Gasteiger partial charge is 0.306 e. The Kier molecular flexibility index (Phi) is 52.8. The van der Waals surface area contributed by atoms with Crippen molar-refractivity contribution in [1.29, 1.82) is 0 Å². The minimum absolute atomic E-state index is 0.0658. The van der Waals surface area contributed by atoms with Crippen LogP contribution in [0.15, 0.2) is 36.5 Å². The van der Waals surface area contributed by atoms with Crippen LogP contribution in [0.5, 0.6) is 0 Å². The topological polar surface area (TPSA) is 72.8 Å². The summed E-state index contributed by atoms with van der Waals surface area (Å²) < 4.78 is 10.7. The highest BCUT2D eigenvalue weighted by atomic mass is 16.6. The summed E-state index contributed by atoms with van der Waals surface area (Å²) in [6.45, 7) is 4.15. The maximum atomic E-state index is 12.3. The number of aliphatic hydroxyl groups is 1. The van der Waals surface area contributed by atoms with E-state index in [1.54, 1.807) is 0 Å². The SMILES string of the molecule is CCCCCCC/C=C\C/C=C\CCCCCCCCCCCCCCCCCCCCCCCC(=O)OC(CO)COC(=O)CCCCCCC/C=C\CCCCCCCCC. The van der Waals surface area contributed by atoms with Gasteiger partial charge in [-0.1, -0.05) is 256 Å². The molecule has 0 amide bonds. The number of hydrogen-bond acceptors (Lipinski definition) is 5. The maximum absolute atomic E-state index is 12.3. The first kappa shape index (κ1) is 61.1. The van der Waals surface area contributed by atoms with Gasteiger partial charge in [-0.3, -0.25) is 9.59 Å². The molecular formula is C58H108O5. The van der Waals surface area contributed by atoms with Gasteiger partial charge in [-0.15, -0.1) is 0 Å². The van der Waals surface area contributed by atoms with Crippen LogP contribution in [0.2, 0.25) is 0 Å². The fourth-order valence-corrected chi connectivity index (χ4v) is 8.41. The van der Waals surface area contributed by atoms with E-state index in [0.29, 0.717) is 12.8 Å². The normalized spacial score (nSPS) is 12.4. The molecule has 1 unspecified atom stereocenters. The molecule has 0 aliphatic rings. The van der Waals surface area contributed by atoms with Gasteiger partial charge in [0.05, 0.1) is 6.61 Å². The lowest BCUT2D eigenvalue weighted by molar-refractivity contribution is -0.161. The molecule has 0 bridgehead atoms. The van der Waals surface area contributed by atoms with E-state index in [2.05, 4.69) is 50.3 Å². The number of allylic oxidation sites excluding steroid dienone is 6. The first-order chi connectivity index (χ1) is 31.1. The molecule has 5 heteroatoms. The van der Waals surface area contributed by atoms with Crippen LogP contribution < -0.4 is 0 Å². The predicted octanol–water partition coefficient (Wildman–Crippen LogP) is 18.7. The van der Waals surface area contributed by atoms with Gasteiger partial charge in [0.25, 0.3) is 0 Å². The number of carbonyl (C=O) groups is 2. The first-order valence-corrected chi connectivity index (χ1v) is 28.0. The quantitative estimate of drug-likeness (QED) is 0.0374. The lowest BCUT2D eigenvalue weighted by Crippen LogP contribution is -2.28. The van der Waals surface area contributed by atoms with Crippen molar-refractivity contribution in [3.63, 3.8) is 0 Å². The van der Waals surface area contributed by atoms with Gasteiger partial charge in [-0.25, -0.2) is 0 Å². The third-order valence-electron chi connectivity index (χ3n) is 12.7. The number of rotatable bonds is 52. The molecule has 0 rings (SSSR count). The van der Waals surface area contributed by atoms with Crippen LogP contribution in [0, 0.1) is 0 Å². The lowest BCUT2D eigenvalue weighted by Gasteiger charge is -2.15. The van der Waals surface area contributed by atoms with Crippen LogP contribution in [0.3, 0.4) is 0 Å². The Morgan fingerprint density at radius 1 is 0.365 bits per heavy atom. The molecule has 0 spiro atoms. The van der Waals surface area contributed by atoms with Gasteiger partial charge in [0.15, 0.2) is 6.10 Å². The molecule has 0 aromatic carbocycles. The van der Waals surface area contributed by atoms with Crippen molar-refractivity contribution in [2.45, 2.75) is 309 Å². The van der Waals surface area contributed by atoms with Gasteiger partial charge in [0.1, 0.15) is 6.61 Å². The Balaban J connectivity index is 3.41. The average molecular weight is 885 g/mol. The number of aliphatic hydroxyl groups excluding tert-OH is 1. The number of hydrogen-bond donors (Lipinski definition) is 1. The predicted molar refractivity (Wildman–Crippen MR) is 274 cm³/mol. The molecular weight excluding hydrogens is 777 g/mol. The van der Waals surface area contributed by atoms with E-state index in [4.69, 9.17) is 9.47 Å². The van der Waals surface area contributed by atoms with Gasteiger partial charge in [-0.05, 0) is 70.6 Å². The molecule has 0 fully saturated rings. The van der Waals surface area contributed by atoms with Crippen LogP contribution >= 0.6 is 0 Å². The molecule has 1 atom stereocenters. The second kappa shape index (κ2) is 54.5. The van der Waals surface area contributed by atoms with Crippen molar-refractivity contribution >= 4 is 11.9 Å². The molecule has 0 heterocycles. The Hall–Kier alpha value is -1.88. The fraction of sp³-hybridized carbons (Fsp3) is 0.862. The Labute approximate surface area is 393 Å². The van der Waals surface area contributed by atoms with Gasteiger partial charge in [-0.2, -0.15) is 0 Å². The summed E-state index contributed by atoms with van der Waals surface area (Å²) in [4.78, 5) is 24.5. The zero-order valence-electron chi connectivity index (χ0n) is 42.4. The van der Waals surface area contributed by atoms with E-state index in [1.807, 2.05) is 0 Å². The number of carbonyl (C=O) groups excluding carboxylic acids is 2. The van der Waals surface area contributed by atoms with E-state index in [9.17, 15) is 14.7 Å². The summed E-state index contributed by atoms with van der Waals surface area (Å²) in [5, 5.41) is 9.63. The van der Waals surface area contributed by atoms with E-state index >= 15 is 0 Å². The average Bonchev–Trinajstić information content (AvgIpc) is 3.29. The third kappa shape index (κ3) is 52.6. The molecule has 63 heavy (non-hydrogen) atoms. The summed E-state index contributed by atoms with van der Waals surface area (Å²) in [6, 6.07) is 0. The Morgan fingerprint density at radius 3 is 0.952 bits per heavy atom. The molecule has 0 saturated carbocycles. The second-order valence-electron chi connectivity index (χ2n) is 19.0. The van der Waals surface area contributed by atoms with Crippen molar-refractivity contribution in [1.82, 2.24) is 0 Å². The monoisotopic (exact) mass is 885 g/mol. The van der Waals surface area contributed by atoms with E-state index in [1.165, 1.54) is 225 Å². The van der Waals surface area contributed by atoms with E-state index in [0.717, 1.165) is 51.4 Å². The molecule has 0 aromatic heterocycles. The number of esters is 2. The molecule has 0 aromatic rings. The minimum Gasteiger partial charge on any atom is -0.462 e. The van der Waals surface area contributed by atoms with Crippen LogP contribution in [-0.4, -0.2) is 36.4 Å². The molecule has 1 N–H and O–H groups in total. The highest BCUT2D eigenvalue weighted by Crippen LogP contribution is 2.17. The molecule has 370 valence electrons. The van der Waals surface area contributed by atoms with Crippen LogP contribution in [0.4, 0.5) is 0 Å². The molecule has 0 aliphatic carbocycles. The largest absolute Gasteiger partial charge is 0.462 e.